The van der Waals surface area contributed by atoms with Gasteiger partial charge in [-0.1, -0.05) is 42.5 Å². The Morgan fingerprint density at radius 2 is 1.68 bits per heavy atom. The minimum atomic E-state index is -4.68. The molecule has 0 bridgehead atoms. The Morgan fingerprint density at radius 1 is 1.06 bits per heavy atom. The predicted molar refractivity (Wildman–Crippen MR) is 105 cm³/mol. The van der Waals surface area contributed by atoms with Gasteiger partial charge in [-0.3, -0.25) is 14.4 Å². The van der Waals surface area contributed by atoms with Crippen LogP contribution in [0, 0.1) is 6.92 Å². The molecule has 0 aliphatic rings. The number of para-hydroxylation sites is 1. The van der Waals surface area contributed by atoms with E-state index in [9.17, 15) is 27.6 Å². The van der Waals surface area contributed by atoms with Crippen LogP contribution in [0.3, 0.4) is 0 Å². The first-order valence-electron chi connectivity index (χ1n) is 9.02. The summed E-state index contributed by atoms with van der Waals surface area (Å²) in [6.07, 6.45) is -4.68. The first-order valence-corrected chi connectivity index (χ1v) is 9.02. The van der Waals surface area contributed by atoms with E-state index in [0.29, 0.717) is 5.56 Å². The van der Waals surface area contributed by atoms with E-state index >= 15 is 0 Å². The third kappa shape index (κ3) is 4.63. The number of nitrogens with zero attached hydrogens (tertiary/aromatic N) is 2. The molecule has 0 radical (unpaired) electrons. The Morgan fingerprint density at radius 3 is 2.29 bits per heavy atom. The highest BCUT2D eigenvalue weighted by Gasteiger charge is 2.34. The lowest BCUT2D eigenvalue weighted by molar-refractivity contribution is -0.137. The average molecular weight is 430 g/mol. The van der Waals surface area contributed by atoms with Crippen LogP contribution in [-0.2, 0) is 11.0 Å². The molecule has 2 aromatic carbocycles. The molecule has 160 valence electrons. The van der Waals surface area contributed by atoms with Crippen LogP contribution in [0.5, 0.6) is 0 Å². The highest BCUT2D eigenvalue weighted by molar-refractivity contribution is 5.96. The molecular weight excluding hydrogens is 413 g/mol. The van der Waals surface area contributed by atoms with E-state index in [4.69, 9.17) is 5.73 Å². The lowest BCUT2D eigenvalue weighted by atomic mass is 10.1. The summed E-state index contributed by atoms with van der Waals surface area (Å²) in [6.45, 7) is 1.39. The Labute approximate surface area is 174 Å². The molecule has 1 unspecified atom stereocenters. The quantitative estimate of drug-likeness (QED) is 0.649. The predicted octanol–water partition coefficient (Wildman–Crippen LogP) is 2.52. The van der Waals surface area contributed by atoms with Crippen molar-refractivity contribution in [2.45, 2.75) is 19.1 Å². The van der Waals surface area contributed by atoms with Crippen molar-refractivity contribution in [3.63, 3.8) is 0 Å². The number of alkyl halides is 3. The van der Waals surface area contributed by atoms with Crippen molar-refractivity contribution in [3.05, 3.63) is 93.4 Å². The molecule has 1 aromatic heterocycles. The molecule has 0 saturated heterocycles. The maximum Gasteiger partial charge on any atom is 0.418 e. The summed E-state index contributed by atoms with van der Waals surface area (Å²) < 4.78 is 41.1. The number of carbonyl (C=O) groups excluding carboxylic acids is 2. The Balaban J connectivity index is 2.05. The van der Waals surface area contributed by atoms with E-state index in [2.05, 4.69) is 10.4 Å². The number of benzene rings is 2. The fourth-order valence-electron chi connectivity index (χ4n) is 3.01. The van der Waals surface area contributed by atoms with Crippen molar-refractivity contribution in [2.75, 3.05) is 0 Å². The van der Waals surface area contributed by atoms with Crippen molar-refractivity contribution in [1.82, 2.24) is 15.1 Å². The first kappa shape index (κ1) is 21.8. The number of aromatic nitrogens is 2. The number of halogens is 3. The summed E-state index contributed by atoms with van der Waals surface area (Å²) in [6, 6.07) is 12.4. The number of aryl methyl sites for hydroxylation is 1. The second-order valence-electron chi connectivity index (χ2n) is 6.64. The van der Waals surface area contributed by atoms with Crippen LogP contribution >= 0.6 is 0 Å². The third-order valence-electron chi connectivity index (χ3n) is 4.45. The topological polar surface area (TPSA) is 107 Å². The van der Waals surface area contributed by atoms with Gasteiger partial charge >= 0.3 is 6.18 Å². The Kier molecular flexibility index (Phi) is 5.91. The number of carbonyl (C=O) groups is 2. The molecule has 1 heterocycles. The molecule has 0 spiro atoms. The maximum absolute atomic E-state index is 13.4. The highest BCUT2D eigenvalue weighted by atomic mass is 19.4. The summed E-state index contributed by atoms with van der Waals surface area (Å²) >= 11 is 0. The van der Waals surface area contributed by atoms with Gasteiger partial charge in [0.25, 0.3) is 5.91 Å². The standard InChI is InChI=1S/C21H17F3N4O3/c1-12-11-16(29)18(20(31)26-17(19(25)30)13-7-3-2-4-8-13)27-28(12)15-10-6-5-9-14(15)21(22,23)24/h2-11,17H,1H3,(H2,25,30)(H,26,31). The van der Waals surface area contributed by atoms with Gasteiger partial charge in [-0.05, 0) is 24.6 Å². The van der Waals surface area contributed by atoms with Crippen LogP contribution in [0.25, 0.3) is 5.69 Å². The second kappa shape index (κ2) is 8.42. The second-order valence-corrected chi connectivity index (χ2v) is 6.64. The van der Waals surface area contributed by atoms with Crippen molar-refractivity contribution in [2.24, 2.45) is 5.73 Å². The average Bonchev–Trinajstić information content (AvgIpc) is 2.71. The third-order valence-corrected chi connectivity index (χ3v) is 4.45. The summed E-state index contributed by atoms with van der Waals surface area (Å²) in [4.78, 5) is 36.9. The van der Waals surface area contributed by atoms with Crippen molar-refractivity contribution < 1.29 is 22.8 Å². The number of amides is 2. The molecular formula is C21H17F3N4O3. The van der Waals surface area contributed by atoms with Crippen LogP contribution in [0.2, 0.25) is 0 Å². The molecule has 10 heteroatoms. The summed E-state index contributed by atoms with van der Waals surface area (Å²) in [5.74, 6) is -1.93. The van der Waals surface area contributed by atoms with Crippen LogP contribution < -0.4 is 16.5 Å². The number of nitrogens with two attached hydrogens (primary N) is 1. The van der Waals surface area contributed by atoms with E-state index in [1.54, 1.807) is 30.3 Å². The largest absolute Gasteiger partial charge is 0.418 e. The van der Waals surface area contributed by atoms with Gasteiger partial charge in [0.05, 0.1) is 11.3 Å². The molecule has 1 atom stereocenters. The number of hydrogen-bond acceptors (Lipinski definition) is 4. The molecule has 0 aliphatic heterocycles. The molecule has 7 nitrogen and oxygen atoms in total. The minimum absolute atomic E-state index is 0.0905. The molecule has 0 fully saturated rings. The first-order chi connectivity index (χ1) is 14.6. The van der Waals surface area contributed by atoms with E-state index in [1.165, 1.54) is 25.1 Å². The zero-order valence-corrected chi connectivity index (χ0v) is 16.2. The fraction of sp³-hybridized carbons (Fsp3) is 0.143. The Bertz CT molecular complexity index is 1190. The van der Waals surface area contributed by atoms with Gasteiger partial charge in [-0.2, -0.15) is 18.3 Å². The van der Waals surface area contributed by atoms with Crippen molar-refractivity contribution in [1.29, 1.82) is 0 Å². The van der Waals surface area contributed by atoms with Crippen LogP contribution in [0.1, 0.15) is 33.4 Å². The van der Waals surface area contributed by atoms with Crippen molar-refractivity contribution >= 4 is 11.8 Å². The van der Waals surface area contributed by atoms with E-state index in [-0.39, 0.29) is 11.4 Å². The molecule has 3 rings (SSSR count). The number of rotatable bonds is 5. The van der Waals surface area contributed by atoms with E-state index in [0.717, 1.165) is 16.8 Å². The number of nitrogens with one attached hydrogen (secondary N) is 1. The summed E-state index contributed by atoms with van der Waals surface area (Å²) in [7, 11) is 0. The fourth-order valence-corrected chi connectivity index (χ4v) is 3.01. The van der Waals surface area contributed by atoms with Crippen molar-refractivity contribution in [3.8, 4) is 5.69 Å². The lowest BCUT2D eigenvalue weighted by Crippen LogP contribution is -2.40. The molecule has 31 heavy (non-hydrogen) atoms. The summed E-state index contributed by atoms with van der Waals surface area (Å²) in [5, 5.41) is 6.18. The minimum Gasteiger partial charge on any atom is -0.368 e. The lowest BCUT2D eigenvalue weighted by Gasteiger charge is -2.18. The maximum atomic E-state index is 13.4. The normalized spacial score (nSPS) is 12.3. The van der Waals surface area contributed by atoms with Gasteiger partial charge in [-0.25, -0.2) is 4.68 Å². The smallest absolute Gasteiger partial charge is 0.368 e. The van der Waals surface area contributed by atoms with Gasteiger partial charge in [0.1, 0.15) is 6.04 Å². The van der Waals surface area contributed by atoms with Crippen LogP contribution in [-0.4, -0.2) is 21.6 Å². The van der Waals surface area contributed by atoms with E-state index in [1.807, 2.05) is 0 Å². The number of primary amides is 1. The zero-order chi connectivity index (χ0) is 22.8. The molecule has 3 N–H and O–H groups in total. The summed E-state index contributed by atoms with van der Waals surface area (Å²) in [5.41, 5.74) is 3.00. The number of hydrogen-bond donors (Lipinski definition) is 2. The van der Waals surface area contributed by atoms with Gasteiger partial charge in [0, 0.05) is 11.8 Å². The highest BCUT2D eigenvalue weighted by Crippen LogP contribution is 2.33. The Hall–Kier alpha value is -3.95. The molecule has 0 saturated carbocycles. The molecule has 0 aliphatic carbocycles. The molecule has 3 aromatic rings. The van der Waals surface area contributed by atoms with Gasteiger partial charge < -0.3 is 11.1 Å². The van der Waals surface area contributed by atoms with Crippen LogP contribution in [0.4, 0.5) is 13.2 Å². The zero-order valence-electron chi connectivity index (χ0n) is 16.2. The van der Waals surface area contributed by atoms with Gasteiger partial charge in [0.2, 0.25) is 11.3 Å². The van der Waals surface area contributed by atoms with Gasteiger partial charge in [-0.15, -0.1) is 0 Å². The SMILES string of the molecule is Cc1cc(=O)c(C(=O)NC(C(N)=O)c2ccccc2)nn1-c1ccccc1C(F)(F)F. The van der Waals surface area contributed by atoms with E-state index < -0.39 is 40.7 Å². The monoisotopic (exact) mass is 430 g/mol. The van der Waals surface area contributed by atoms with Gasteiger partial charge in [0.15, 0.2) is 5.69 Å². The molecule has 2 amide bonds. The van der Waals surface area contributed by atoms with Crippen LogP contribution in [0.15, 0.2) is 65.5 Å².